The van der Waals surface area contributed by atoms with E-state index in [0.29, 0.717) is 12.3 Å². The first-order valence-electron chi connectivity index (χ1n) is 8.83. The van der Waals surface area contributed by atoms with Gasteiger partial charge < -0.3 is 4.90 Å². The Bertz CT molecular complexity index is 691. The van der Waals surface area contributed by atoms with E-state index in [4.69, 9.17) is 0 Å². The molecule has 0 aromatic heterocycles. The molecule has 1 aromatic rings. The van der Waals surface area contributed by atoms with E-state index in [0.717, 1.165) is 12.1 Å². The molecule has 1 amide bonds. The smallest absolute Gasteiger partial charge is 0.227 e. The molecule has 1 aliphatic carbocycles. The summed E-state index contributed by atoms with van der Waals surface area (Å²) in [5.41, 5.74) is 0.776. The van der Waals surface area contributed by atoms with Gasteiger partial charge in [0, 0.05) is 17.5 Å². The summed E-state index contributed by atoms with van der Waals surface area (Å²) in [6, 6.07) is 9.01. The summed E-state index contributed by atoms with van der Waals surface area (Å²) in [6.07, 6.45) is 9.32. The third-order valence-electron chi connectivity index (χ3n) is 5.04. The second kappa shape index (κ2) is 7.51. The molecule has 1 heterocycles. The van der Waals surface area contributed by atoms with Crippen molar-refractivity contribution in [2.75, 3.05) is 10.7 Å². The molecule has 2 aliphatic rings. The molecule has 0 spiro atoms. The molecule has 4 nitrogen and oxygen atoms in total. The van der Waals surface area contributed by atoms with Gasteiger partial charge in [0.15, 0.2) is 9.84 Å². The molecule has 0 N–H and O–H groups in total. The van der Waals surface area contributed by atoms with Gasteiger partial charge in [0.05, 0.1) is 11.8 Å². The van der Waals surface area contributed by atoms with Crippen LogP contribution < -0.4 is 4.90 Å². The molecule has 0 saturated heterocycles. The molecule has 130 valence electrons. The van der Waals surface area contributed by atoms with Crippen LogP contribution >= 0.6 is 0 Å². The second-order valence-electron chi connectivity index (χ2n) is 6.87. The highest BCUT2D eigenvalue weighted by molar-refractivity contribution is 7.94. The molecule has 1 aliphatic heterocycles. The van der Waals surface area contributed by atoms with Crippen molar-refractivity contribution in [2.24, 2.45) is 5.92 Å². The van der Waals surface area contributed by atoms with E-state index in [9.17, 15) is 13.2 Å². The maximum atomic E-state index is 12.9. The van der Waals surface area contributed by atoms with Gasteiger partial charge in [-0.15, -0.1) is 0 Å². The summed E-state index contributed by atoms with van der Waals surface area (Å²) >= 11 is 0. The van der Waals surface area contributed by atoms with E-state index in [1.54, 1.807) is 11.0 Å². The Labute approximate surface area is 144 Å². The normalized spacial score (nSPS) is 23.2. The van der Waals surface area contributed by atoms with Crippen molar-refractivity contribution in [1.29, 1.82) is 0 Å². The van der Waals surface area contributed by atoms with E-state index in [2.05, 4.69) is 0 Å². The molecule has 24 heavy (non-hydrogen) atoms. The Hall–Kier alpha value is -1.62. The molecular weight excluding hydrogens is 322 g/mol. The minimum Gasteiger partial charge on any atom is -0.304 e. The molecule has 0 bridgehead atoms. The number of para-hydroxylation sites is 1. The molecule has 0 radical (unpaired) electrons. The molecule has 3 rings (SSSR count). The highest BCUT2D eigenvalue weighted by Gasteiger charge is 2.31. The molecule has 1 aromatic carbocycles. The Morgan fingerprint density at radius 2 is 1.79 bits per heavy atom. The van der Waals surface area contributed by atoms with Gasteiger partial charge in [-0.25, -0.2) is 8.42 Å². The number of benzene rings is 1. The Morgan fingerprint density at radius 3 is 2.42 bits per heavy atom. The predicted octanol–water partition coefficient (Wildman–Crippen LogP) is 3.69. The van der Waals surface area contributed by atoms with Crippen LogP contribution in [0.4, 0.5) is 5.69 Å². The summed E-state index contributed by atoms with van der Waals surface area (Å²) in [4.78, 5) is 14.6. The fraction of sp³-hybridized carbons (Fsp3) is 0.526. The summed E-state index contributed by atoms with van der Waals surface area (Å²) < 4.78 is 23.6. The molecule has 1 saturated carbocycles. The van der Waals surface area contributed by atoms with Gasteiger partial charge in [-0.2, -0.15) is 0 Å². The van der Waals surface area contributed by atoms with Crippen LogP contribution in [0.15, 0.2) is 41.8 Å². The van der Waals surface area contributed by atoms with E-state index in [-0.39, 0.29) is 11.7 Å². The summed E-state index contributed by atoms with van der Waals surface area (Å²) in [5, 5.41) is 1.24. The lowest BCUT2D eigenvalue weighted by molar-refractivity contribution is -0.119. The first kappa shape index (κ1) is 17.2. The zero-order valence-corrected chi connectivity index (χ0v) is 14.7. The first-order chi connectivity index (χ1) is 11.6. The van der Waals surface area contributed by atoms with E-state index >= 15 is 0 Å². The molecule has 0 unspecified atom stereocenters. The third-order valence-corrected chi connectivity index (χ3v) is 6.41. The summed E-state index contributed by atoms with van der Waals surface area (Å²) in [6.45, 7) is 0. The highest BCUT2D eigenvalue weighted by atomic mass is 32.2. The number of anilines is 1. The van der Waals surface area contributed by atoms with Crippen LogP contribution in [0.3, 0.4) is 0 Å². The quantitative estimate of drug-likeness (QED) is 0.816. The number of carbonyl (C=O) groups is 1. The number of nitrogens with zero attached hydrogens (tertiary/aromatic N) is 1. The van der Waals surface area contributed by atoms with Gasteiger partial charge in [0.25, 0.3) is 0 Å². The van der Waals surface area contributed by atoms with Crippen LogP contribution in [0.2, 0.25) is 0 Å². The van der Waals surface area contributed by atoms with Gasteiger partial charge in [-0.05, 0) is 30.5 Å². The maximum absolute atomic E-state index is 12.9. The van der Waals surface area contributed by atoms with Crippen molar-refractivity contribution in [3.63, 3.8) is 0 Å². The van der Waals surface area contributed by atoms with Gasteiger partial charge in [-0.3, -0.25) is 4.79 Å². The van der Waals surface area contributed by atoms with Gasteiger partial charge in [-0.1, -0.05) is 50.3 Å². The third kappa shape index (κ3) is 4.26. The maximum Gasteiger partial charge on any atom is 0.227 e. The average molecular weight is 347 g/mol. The minimum absolute atomic E-state index is 0.0168. The van der Waals surface area contributed by atoms with Crippen molar-refractivity contribution in [2.45, 2.75) is 51.0 Å². The number of amides is 1. The topological polar surface area (TPSA) is 54.5 Å². The molecular formula is C19H25NO3S. The number of rotatable bonds is 5. The van der Waals surface area contributed by atoms with Crippen LogP contribution in [0.5, 0.6) is 0 Å². The number of carbonyl (C=O) groups excluding carboxylic acids is 1. The van der Waals surface area contributed by atoms with Crippen molar-refractivity contribution >= 4 is 21.4 Å². The van der Waals surface area contributed by atoms with Crippen molar-refractivity contribution in [3.8, 4) is 0 Å². The largest absolute Gasteiger partial charge is 0.304 e. The van der Waals surface area contributed by atoms with Gasteiger partial charge >= 0.3 is 0 Å². The fourth-order valence-corrected chi connectivity index (χ4v) is 5.02. The SMILES string of the molecule is O=C(CCC1CCCCC1)N(c1ccccc1)[C@@H]1C=CS(=O)(=O)C1. The van der Waals surface area contributed by atoms with E-state index < -0.39 is 15.9 Å². The highest BCUT2D eigenvalue weighted by Crippen LogP contribution is 2.29. The molecule has 1 fully saturated rings. The van der Waals surface area contributed by atoms with Gasteiger partial charge in [0.2, 0.25) is 5.91 Å². The zero-order valence-electron chi connectivity index (χ0n) is 13.9. The Morgan fingerprint density at radius 1 is 1.08 bits per heavy atom. The summed E-state index contributed by atoms with van der Waals surface area (Å²) in [7, 11) is -3.19. The number of sulfone groups is 1. The lowest BCUT2D eigenvalue weighted by Crippen LogP contribution is -2.41. The number of hydrogen-bond donors (Lipinski definition) is 0. The average Bonchev–Trinajstić information content (AvgIpc) is 2.95. The van der Waals surface area contributed by atoms with Crippen LogP contribution in [0.1, 0.15) is 44.9 Å². The zero-order chi connectivity index (χ0) is 17.0. The van der Waals surface area contributed by atoms with Crippen molar-refractivity contribution in [1.82, 2.24) is 0 Å². The van der Waals surface area contributed by atoms with E-state index in [1.807, 2.05) is 30.3 Å². The summed E-state index contributed by atoms with van der Waals surface area (Å²) in [5.74, 6) is 0.651. The van der Waals surface area contributed by atoms with Crippen LogP contribution in [0, 0.1) is 5.92 Å². The minimum atomic E-state index is -3.19. The monoisotopic (exact) mass is 347 g/mol. The molecule has 1 atom stereocenters. The lowest BCUT2D eigenvalue weighted by Gasteiger charge is -2.29. The fourth-order valence-electron chi connectivity index (χ4n) is 3.75. The van der Waals surface area contributed by atoms with E-state index in [1.165, 1.54) is 37.5 Å². The molecule has 5 heteroatoms. The number of hydrogen-bond acceptors (Lipinski definition) is 3. The van der Waals surface area contributed by atoms with Crippen LogP contribution in [-0.4, -0.2) is 26.1 Å². The van der Waals surface area contributed by atoms with Gasteiger partial charge in [0.1, 0.15) is 0 Å². The Kier molecular flexibility index (Phi) is 5.39. The predicted molar refractivity (Wildman–Crippen MR) is 96.5 cm³/mol. The lowest BCUT2D eigenvalue weighted by atomic mass is 9.86. The van der Waals surface area contributed by atoms with Crippen molar-refractivity contribution in [3.05, 3.63) is 41.8 Å². The Balaban J connectivity index is 1.72. The van der Waals surface area contributed by atoms with Crippen molar-refractivity contribution < 1.29 is 13.2 Å². The second-order valence-corrected chi connectivity index (χ2v) is 8.80. The first-order valence-corrected chi connectivity index (χ1v) is 10.5. The van der Waals surface area contributed by atoms with Crippen LogP contribution in [-0.2, 0) is 14.6 Å². The standard InChI is InChI=1S/C19H25NO3S/c21-19(12-11-16-7-3-1-4-8-16)20(17-9-5-2-6-10-17)18-13-14-24(22,23)15-18/h2,5-6,9-10,13-14,16,18H,1,3-4,7-8,11-12,15H2/t18-/m1/s1. The van der Waals surface area contributed by atoms with Crippen LogP contribution in [0.25, 0.3) is 0 Å².